The van der Waals surface area contributed by atoms with Gasteiger partial charge in [-0.3, -0.25) is 4.99 Å². The van der Waals surface area contributed by atoms with Crippen molar-refractivity contribution >= 4 is 49.3 Å². The SMILES string of the molecule is CC1(C)CSC(Nc2ccc(CCNc3nc4ccccc4s3)cc2)=N1. The molecule has 0 saturated carbocycles. The van der Waals surface area contributed by atoms with Crippen LogP contribution in [-0.4, -0.2) is 28.0 Å². The second-order valence-corrected chi connectivity index (χ2v) is 9.00. The molecular formula is C20H22N4S2. The van der Waals surface area contributed by atoms with E-state index in [0.717, 1.165) is 40.2 Å². The van der Waals surface area contributed by atoms with Gasteiger partial charge < -0.3 is 10.6 Å². The molecule has 4 nitrogen and oxygen atoms in total. The van der Waals surface area contributed by atoms with E-state index in [2.05, 4.69) is 71.9 Å². The molecule has 2 N–H and O–H groups in total. The lowest BCUT2D eigenvalue weighted by atomic mass is 10.1. The minimum absolute atomic E-state index is 0.0409. The zero-order valence-corrected chi connectivity index (χ0v) is 16.6. The Balaban J connectivity index is 1.30. The van der Waals surface area contributed by atoms with E-state index in [4.69, 9.17) is 4.99 Å². The molecule has 0 amide bonds. The van der Waals surface area contributed by atoms with Crippen LogP contribution < -0.4 is 10.6 Å². The summed E-state index contributed by atoms with van der Waals surface area (Å²) in [5.41, 5.74) is 3.51. The van der Waals surface area contributed by atoms with Crippen LogP contribution in [0.5, 0.6) is 0 Å². The van der Waals surface area contributed by atoms with Crippen LogP contribution in [0.25, 0.3) is 10.2 Å². The standard InChI is InChI=1S/C20H22N4S2/c1-20(2)13-25-19(24-20)22-15-9-7-14(8-10-15)11-12-21-18-23-16-5-3-4-6-17(16)26-18/h3-10H,11-13H2,1-2H3,(H,21,23)(H,22,24). The van der Waals surface area contributed by atoms with Crippen molar-refractivity contribution in [2.45, 2.75) is 25.8 Å². The first kappa shape index (κ1) is 17.4. The average molecular weight is 383 g/mol. The quantitative estimate of drug-likeness (QED) is 0.633. The summed E-state index contributed by atoms with van der Waals surface area (Å²) in [6.07, 6.45) is 0.971. The van der Waals surface area contributed by atoms with Crippen LogP contribution in [0.2, 0.25) is 0 Å². The van der Waals surface area contributed by atoms with Gasteiger partial charge in [-0.25, -0.2) is 4.98 Å². The number of thioether (sulfide) groups is 1. The Morgan fingerprint density at radius 1 is 1.08 bits per heavy atom. The van der Waals surface area contributed by atoms with Crippen LogP contribution in [0.15, 0.2) is 53.5 Å². The van der Waals surface area contributed by atoms with Gasteiger partial charge in [0.25, 0.3) is 0 Å². The first-order valence-electron chi connectivity index (χ1n) is 8.75. The van der Waals surface area contributed by atoms with Gasteiger partial charge in [-0.15, -0.1) is 0 Å². The highest BCUT2D eigenvalue weighted by Crippen LogP contribution is 2.28. The first-order chi connectivity index (χ1) is 12.6. The molecule has 0 bridgehead atoms. The van der Waals surface area contributed by atoms with Crippen LogP contribution in [-0.2, 0) is 6.42 Å². The molecule has 134 valence electrons. The molecule has 2 heterocycles. The highest BCUT2D eigenvalue weighted by molar-refractivity contribution is 8.14. The first-order valence-corrected chi connectivity index (χ1v) is 10.6. The summed E-state index contributed by atoms with van der Waals surface area (Å²) in [4.78, 5) is 9.30. The van der Waals surface area contributed by atoms with E-state index in [-0.39, 0.29) is 5.54 Å². The number of para-hydroxylation sites is 1. The van der Waals surface area contributed by atoms with Crippen molar-refractivity contribution in [3.05, 3.63) is 54.1 Å². The number of thiazole rings is 1. The van der Waals surface area contributed by atoms with Gasteiger partial charge in [0.2, 0.25) is 0 Å². The molecule has 0 spiro atoms. The summed E-state index contributed by atoms with van der Waals surface area (Å²) in [6, 6.07) is 16.8. The Labute approximate surface area is 162 Å². The number of hydrogen-bond donors (Lipinski definition) is 2. The second-order valence-electron chi connectivity index (χ2n) is 7.00. The van der Waals surface area contributed by atoms with Gasteiger partial charge in [0.15, 0.2) is 10.3 Å². The van der Waals surface area contributed by atoms with Gasteiger partial charge in [-0.2, -0.15) is 0 Å². The second kappa shape index (κ2) is 7.29. The van der Waals surface area contributed by atoms with Crippen LogP contribution in [0.3, 0.4) is 0 Å². The molecule has 0 radical (unpaired) electrons. The van der Waals surface area contributed by atoms with Crippen LogP contribution in [0.4, 0.5) is 10.8 Å². The van der Waals surface area contributed by atoms with Crippen molar-refractivity contribution in [3.8, 4) is 0 Å². The molecule has 0 aliphatic carbocycles. The van der Waals surface area contributed by atoms with Gasteiger partial charge in [0.05, 0.1) is 15.8 Å². The molecule has 6 heteroatoms. The third-order valence-corrected chi connectivity index (χ3v) is 6.47. The van der Waals surface area contributed by atoms with Crippen molar-refractivity contribution in [3.63, 3.8) is 0 Å². The molecule has 0 atom stereocenters. The molecular weight excluding hydrogens is 360 g/mol. The van der Waals surface area contributed by atoms with Crippen molar-refractivity contribution in [2.24, 2.45) is 4.99 Å². The molecule has 0 saturated heterocycles. The predicted octanol–water partition coefficient (Wildman–Crippen LogP) is 5.24. The van der Waals surface area contributed by atoms with E-state index in [9.17, 15) is 0 Å². The number of aromatic nitrogens is 1. The zero-order valence-electron chi connectivity index (χ0n) is 15.0. The van der Waals surface area contributed by atoms with Gasteiger partial charge in [0, 0.05) is 18.0 Å². The largest absolute Gasteiger partial charge is 0.361 e. The number of rotatable bonds is 5. The van der Waals surface area contributed by atoms with Crippen molar-refractivity contribution < 1.29 is 0 Å². The summed E-state index contributed by atoms with van der Waals surface area (Å²) >= 11 is 3.49. The molecule has 3 aromatic rings. The van der Waals surface area contributed by atoms with Crippen LogP contribution in [0, 0.1) is 0 Å². The smallest absolute Gasteiger partial charge is 0.183 e. The van der Waals surface area contributed by atoms with Gasteiger partial charge in [0.1, 0.15) is 0 Å². The van der Waals surface area contributed by atoms with Crippen molar-refractivity contribution in [1.82, 2.24) is 4.98 Å². The summed E-state index contributed by atoms with van der Waals surface area (Å²) in [6.45, 7) is 5.20. The minimum Gasteiger partial charge on any atom is -0.361 e. The predicted molar refractivity (Wildman–Crippen MR) is 116 cm³/mol. The summed E-state index contributed by atoms with van der Waals surface area (Å²) in [5, 5.41) is 8.85. The highest BCUT2D eigenvalue weighted by Gasteiger charge is 2.25. The lowest BCUT2D eigenvalue weighted by Crippen LogP contribution is -2.15. The third-order valence-electron chi connectivity index (χ3n) is 4.16. The van der Waals surface area contributed by atoms with E-state index in [0.29, 0.717) is 0 Å². The normalized spacial score (nSPS) is 15.8. The number of nitrogens with one attached hydrogen (secondary N) is 2. The Morgan fingerprint density at radius 2 is 1.88 bits per heavy atom. The maximum Gasteiger partial charge on any atom is 0.183 e. The number of aliphatic imine (C=N–C) groups is 1. The van der Waals surface area contributed by atoms with E-state index in [1.54, 1.807) is 23.1 Å². The van der Waals surface area contributed by atoms with E-state index < -0.39 is 0 Å². The third kappa shape index (κ3) is 4.19. The summed E-state index contributed by atoms with van der Waals surface area (Å²) in [7, 11) is 0. The lowest BCUT2D eigenvalue weighted by Gasteiger charge is -2.09. The maximum atomic E-state index is 4.69. The molecule has 4 rings (SSSR count). The lowest BCUT2D eigenvalue weighted by molar-refractivity contribution is 0.605. The van der Waals surface area contributed by atoms with Crippen molar-refractivity contribution in [2.75, 3.05) is 22.9 Å². The topological polar surface area (TPSA) is 49.3 Å². The maximum absolute atomic E-state index is 4.69. The number of amidine groups is 1. The van der Waals surface area contributed by atoms with Gasteiger partial charge in [-0.05, 0) is 50.1 Å². The van der Waals surface area contributed by atoms with E-state index in [1.165, 1.54) is 10.3 Å². The molecule has 26 heavy (non-hydrogen) atoms. The molecule has 0 fully saturated rings. The fraction of sp³-hybridized carbons (Fsp3) is 0.300. The molecule has 0 unspecified atom stereocenters. The zero-order chi connectivity index (χ0) is 18.0. The van der Waals surface area contributed by atoms with Gasteiger partial charge >= 0.3 is 0 Å². The molecule has 1 aliphatic heterocycles. The number of hydrogen-bond acceptors (Lipinski definition) is 6. The van der Waals surface area contributed by atoms with Crippen LogP contribution in [0.1, 0.15) is 19.4 Å². The minimum atomic E-state index is 0.0409. The Bertz CT molecular complexity index is 895. The molecule has 2 aromatic carbocycles. The number of nitrogens with zero attached hydrogens (tertiary/aromatic N) is 2. The molecule has 1 aliphatic rings. The van der Waals surface area contributed by atoms with E-state index >= 15 is 0 Å². The number of fused-ring (bicyclic) bond motifs is 1. The summed E-state index contributed by atoms with van der Waals surface area (Å²) < 4.78 is 1.22. The fourth-order valence-corrected chi connectivity index (χ4v) is 4.74. The summed E-state index contributed by atoms with van der Waals surface area (Å²) in [5.74, 6) is 1.03. The fourth-order valence-electron chi connectivity index (χ4n) is 2.79. The van der Waals surface area contributed by atoms with Crippen LogP contribution >= 0.6 is 23.1 Å². The molecule has 1 aromatic heterocycles. The van der Waals surface area contributed by atoms with E-state index in [1.807, 2.05) is 6.07 Å². The Hall–Kier alpha value is -2.05. The number of anilines is 2. The van der Waals surface area contributed by atoms with Gasteiger partial charge in [-0.1, -0.05) is 47.4 Å². The Kier molecular flexibility index (Phi) is 4.87. The average Bonchev–Trinajstić information content (AvgIpc) is 3.18. The Morgan fingerprint density at radius 3 is 2.62 bits per heavy atom. The van der Waals surface area contributed by atoms with Crippen molar-refractivity contribution in [1.29, 1.82) is 0 Å². The number of benzene rings is 2. The monoisotopic (exact) mass is 382 g/mol. The highest BCUT2D eigenvalue weighted by atomic mass is 32.2.